The number of hydrogen-bond donors (Lipinski definition) is 1. The van der Waals surface area contributed by atoms with Crippen LogP contribution < -0.4 is 5.32 Å². The van der Waals surface area contributed by atoms with Crippen molar-refractivity contribution in [3.63, 3.8) is 0 Å². The van der Waals surface area contributed by atoms with Crippen LogP contribution in [0.4, 0.5) is 4.39 Å². The van der Waals surface area contributed by atoms with E-state index in [1.165, 1.54) is 18.2 Å². The molecule has 0 aliphatic carbocycles. The Hall–Kier alpha value is -2.69. The van der Waals surface area contributed by atoms with Gasteiger partial charge in [0.15, 0.2) is 0 Å². The zero-order valence-electron chi connectivity index (χ0n) is 14.1. The van der Waals surface area contributed by atoms with Gasteiger partial charge in [-0.05, 0) is 43.5 Å². The van der Waals surface area contributed by atoms with Crippen molar-refractivity contribution in [1.82, 2.24) is 10.2 Å². The second-order valence-electron chi connectivity index (χ2n) is 6.31. The molecule has 0 aromatic heterocycles. The molecule has 2 aromatic rings. The molecule has 1 heterocycles. The van der Waals surface area contributed by atoms with Crippen molar-refractivity contribution in [2.45, 2.75) is 31.8 Å². The van der Waals surface area contributed by atoms with E-state index in [2.05, 4.69) is 5.32 Å². The summed E-state index contributed by atoms with van der Waals surface area (Å²) in [7, 11) is 0. The van der Waals surface area contributed by atoms with Crippen LogP contribution in [0.15, 0.2) is 54.6 Å². The molecule has 1 saturated heterocycles. The molecule has 5 heteroatoms. The highest BCUT2D eigenvalue weighted by Gasteiger charge is 2.35. The van der Waals surface area contributed by atoms with E-state index in [4.69, 9.17) is 0 Å². The zero-order chi connectivity index (χ0) is 17.8. The largest absolute Gasteiger partial charge is 0.348 e. The van der Waals surface area contributed by atoms with Crippen LogP contribution in [-0.4, -0.2) is 29.3 Å². The Kier molecular flexibility index (Phi) is 5.12. The summed E-state index contributed by atoms with van der Waals surface area (Å²) in [6.07, 6.45) is 1.38. The van der Waals surface area contributed by atoms with Gasteiger partial charge in [-0.1, -0.05) is 36.4 Å². The summed E-state index contributed by atoms with van der Waals surface area (Å²) in [5.74, 6) is -0.924. The van der Waals surface area contributed by atoms with E-state index in [9.17, 15) is 14.0 Å². The molecular formula is C20H21FN2O2. The first-order valence-corrected chi connectivity index (χ1v) is 8.48. The Morgan fingerprint density at radius 1 is 1.16 bits per heavy atom. The number of nitrogens with one attached hydrogen (secondary N) is 1. The molecule has 0 bridgehead atoms. The van der Waals surface area contributed by atoms with E-state index >= 15 is 0 Å². The predicted molar refractivity (Wildman–Crippen MR) is 93.5 cm³/mol. The molecule has 3 rings (SSSR count). The number of benzene rings is 2. The number of nitrogens with zero attached hydrogens (tertiary/aromatic N) is 1. The van der Waals surface area contributed by atoms with Crippen LogP contribution in [0, 0.1) is 5.82 Å². The van der Waals surface area contributed by atoms with Gasteiger partial charge in [0.05, 0.1) is 6.04 Å². The van der Waals surface area contributed by atoms with Gasteiger partial charge in [-0.2, -0.15) is 0 Å². The van der Waals surface area contributed by atoms with Crippen molar-refractivity contribution in [3.05, 3.63) is 71.5 Å². The predicted octanol–water partition coefficient (Wildman–Crippen LogP) is 3.31. The van der Waals surface area contributed by atoms with E-state index in [0.717, 1.165) is 12.0 Å². The van der Waals surface area contributed by atoms with Gasteiger partial charge in [0.2, 0.25) is 5.91 Å². The lowest BCUT2D eigenvalue weighted by atomic mass is 10.1. The summed E-state index contributed by atoms with van der Waals surface area (Å²) < 4.78 is 13.4. The smallest absolute Gasteiger partial charge is 0.254 e. The van der Waals surface area contributed by atoms with Gasteiger partial charge in [0.25, 0.3) is 5.91 Å². The van der Waals surface area contributed by atoms with Gasteiger partial charge in [-0.15, -0.1) is 0 Å². The second kappa shape index (κ2) is 7.47. The molecule has 1 aliphatic heterocycles. The second-order valence-corrected chi connectivity index (χ2v) is 6.31. The molecule has 130 valence electrons. The first-order chi connectivity index (χ1) is 12.1. The normalized spacial score (nSPS) is 18.0. The number of rotatable bonds is 4. The van der Waals surface area contributed by atoms with Crippen molar-refractivity contribution < 1.29 is 14.0 Å². The van der Waals surface area contributed by atoms with E-state index < -0.39 is 11.9 Å². The average molecular weight is 340 g/mol. The van der Waals surface area contributed by atoms with Crippen molar-refractivity contribution in [2.24, 2.45) is 0 Å². The molecule has 4 nitrogen and oxygen atoms in total. The molecule has 1 aliphatic rings. The summed E-state index contributed by atoms with van der Waals surface area (Å²) in [5, 5.41) is 2.98. The average Bonchev–Trinajstić information content (AvgIpc) is 3.11. The molecule has 0 radical (unpaired) electrons. The van der Waals surface area contributed by atoms with Crippen LogP contribution in [0.2, 0.25) is 0 Å². The lowest BCUT2D eigenvalue weighted by Gasteiger charge is -2.25. The van der Waals surface area contributed by atoms with Crippen LogP contribution >= 0.6 is 0 Å². The minimum absolute atomic E-state index is 0.138. The van der Waals surface area contributed by atoms with Crippen molar-refractivity contribution in [3.8, 4) is 0 Å². The molecular weight excluding hydrogens is 319 g/mol. The summed E-state index contributed by atoms with van der Waals surface area (Å²) in [5.41, 5.74) is 1.28. The molecule has 1 fully saturated rings. The standard InChI is InChI=1S/C20H21FN2O2/c1-14(15-7-3-2-4-8-15)22-19(24)18-11-6-12-23(18)20(25)16-9-5-10-17(21)13-16/h2-5,7-10,13-14,18H,6,11-12H2,1H3,(H,22,24). The third-order valence-corrected chi connectivity index (χ3v) is 4.55. The quantitative estimate of drug-likeness (QED) is 0.928. The molecule has 25 heavy (non-hydrogen) atoms. The van der Waals surface area contributed by atoms with Crippen LogP contribution in [0.25, 0.3) is 0 Å². The highest BCUT2D eigenvalue weighted by Crippen LogP contribution is 2.22. The van der Waals surface area contributed by atoms with Crippen LogP contribution in [0.1, 0.15) is 41.7 Å². The number of carbonyl (C=O) groups excluding carboxylic acids is 2. The van der Waals surface area contributed by atoms with Gasteiger partial charge in [-0.3, -0.25) is 9.59 Å². The SMILES string of the molecule is CC(NC(=O)C1CCCN1C(=O)c1cccc(F)c1)c1ccccc1. The number of likely N-dealkylation sites (tertiary alicyclic amines) is 1. The Labute approximate surface area is 146 Å². The highest BCUT2D eigenvalue weighted by atomic mass is 19.1. The number of hydrogen-bond acceptors (Lipinski definition) is 2. The Morgan fingerprint density at radius 2 is 1.92 bits per heavy atom. The fourth-order valence-electron chi connectivity index (χ4n) is 3.20. The van der Waals surface area contributed by atoms with Crippen molar-refractivity contribution in [1.29, 1.82) is 0 Å². The van der Waals surface area contributed by atoms with Crippen LogP contribution in [0.5, 0.6) is 0 Å². The van der Waals surface area contributed by atoms with Gasteiger partial charge in [0.1, 0.15) is 11.9 Å². The summed E-state index contributed by atoms with van der Waals surface area (Å²) >= 11 is 0. The molecule has 1 N–H and O–H groups in total. The van der Waals surface area contributed by atoms with Crippen LogP contribution in [0.3, 0.4) is 0 Å². The fraction of sp³-hybridized carbons (Fsp3) is 0.300. The molecule has 0 spiro atoms. The van der Waals surface area contributed by atoms with Gasteiger partial charge in [0, 0.05) is 12.1 Å². The molecule has 2 atom stereocenters. The third-order valence-electron chi connectivity index (χ3n) is 4.55. The van der Waals surface area contributed by atoms with Crippen molar-refractivity contribution >= 4 is 11.8 Å². The van der Waals surface area contributed by atoms with E-state index in [-0.39, 0.29) is 23.4 Å². The zero-order valence-corrected chi connectivity index (χ0v) is 14.1. The third kappa shape index (κ3) is 3.87. The number of halogens is 1. The summed E-state index contributed by atoms with van der Waals surface area (Å²) in [6.45, 7) is 2.42. The van der Waals surface area contributed by atoms with E-state index in [0.29, 0.717) is 13.0 Å². The Morgan fingerprint density at radius 3 is 2.64 bits per heavy atom. The number of amides is 2. The molecule has 2 amide bonds. The maximum atomic E-state index is 13.4. The lowest BCUT2D eigenvalue weighted by Crippen LogP contribution is -2.46. The highest BCUT2D eigenvalue weighted by molar-refractivity contribution is 5.98. The van der Waals surface area contributed by atoms with Crippen molar-refractivity contribution in [2.75, 3.05) is 6.54 Å². The van der Waals surface area contributed by atoms with E-state index in [1.54, 1.807) is 11.0 Å². The Bertz CT molecular complexity index is 763. The number of carbonyl (C=O) groups is 2. The first-order valence-electron chi connectivity index (χ1n) is 8.48. The van der Waals surface area contributed by atoms with E-state index in [1.807, 2.05) is 37.3 Å². The first kappa shape index (κ1) is 17.1. The monoisotopic (exact) mass is 340 g/mol. The van der Waals surface area contributed by atoms with Crippen LogP contribution in [-0.2, 0) is 4.79 Å². The summed E-state index contributed by atoms with van der Waals surface area (Å²) in [4.78, 5) is 26.9. The van der Waals surface area contributed by atoms with Gasteiger partial charge >= 0.3 is 0 Å². The maximum absolute atomic E-state index is 13.4. The summed E-state index contributed by atoms with van der Waals surface area (Å²) in [6, 6.07) is 14.6. The topological polar surface area (TPSA) is 49.4 Å². The van der Waals surface area contributed by atoms with Gasteiger partial charge < -0.3 is 10.2 Å². The molecule has 2 aromatic carbocycles. The van der Waals surface area contributed by atoms with Gasteiger partial charge in [-0.25, -0.2) is 4.39 Å². The maximum Gasteiger partial charge on any atom is 0.254 e. The Balaban J connectivity index is 1.70. The molecule has 2 unspecified atom stereocenters. The molecule has 0 saturated carbocycles. The minimum Gasteiger partial charge on any atom is -0.348 e. The minimum atomic E-state index is -0.512. The lowest BCUT2D eigenvalue weighted by molar-refractivity contribution is -0.125. The fourth-order valence-corrected chi connectivity index (χ4v) is 3.20.